The summed E-state index contributed by atoms with van der Waals surface area (Å²) in [5.74, 6) is 0. The summed E-state index contributed by atoms with van der Waals surface area (Å²) in [5, 5.41) is 9.60. The molecule has 0 fully saturated rings. The Morgan fingerprint density at radius 3 is 2.63 bits per heavy atom. The van der Waals surface area contributed by atoms with Crippen molar-refractivity contribution < 1.29 is 5.11 Å². The fourth-order valence-corrected chi connectivity index (χ4v) is 2.66. The highest BCUT2D eigenvalue weighted by Gasteiger charge is 2.13. The van der Waals surface area contributed by atoms with Crippen molar-refractivity contribution in [1.29, 1.82) is 0 Å². The molecule has 0 radical (unpaired) electrons. The van der Waals surface area contributed by atoms with Crippen LogP contribution in [-0.4, -0.2) is 14.5 Å². The van der Waals surface area contributed by atoms with Gasteiger partial charge in [0, 0.05) is 12.6 Å². The van der Waals surface area contributed by atoms with Crippen LogP contribution in [0.25, 0.3) is 5.65 Å². The molecule has 0 aliphatic heterocycles. The number of pyridine rings is 1. The van der Waals surface area contributed by atoms with Gasteiger partial charge in [-0.2, -0.15) is 0 Å². The first-order valence-corrected chi connectivity index (χ1v) is 6.88. The van der Waals surface area contributed by atoms with E-state index >= 15 is 0 Å². The van der Waals surface area contributed by atoms with Crippen LogP contribution in [0.4, 0.5) is 0 Å². The van der Waals surface area contributed by atoms with Gasteiger partial charge in [-0.15, -0.1) is 0 Å². The van der Waals surface area contributed by atoms with E-state index in [9.17, 15) is 5.11 Å². The molecule has 3 nitrogen and oxygen atoms in total. The molecule has 3 aromatic rings. The molecular formula is C15H13BrN2O. The van der Waals surface area contributed by atoms with Gasteiger partial charge < -0.3 is 9.51 Å². The van der Waals surface area contributed by atoms with Gasteiger partial charge in [0.25, 0.3) is 0 Å². The number of benzene rings is 1. The predicted molar refractivity (Wildman–Crippen MR) is 78.1 cm³/mol. The highest BCUT2D eigenvalue weighted by atomic mass is 79.9. The summed E-state index contributed by atoms with van der Waals surface area (Å²) in [6.07, 6.45) is 2.65. The molecule has 0 saturated heterocycles. The molecule has 0 aliphatic carbocycles. The summed E-state index contributed by atoms with van der Waals surface area (Å²) in [6, 6.07) is 14.1. The van der Waals surface area contributed by atoms with Gasteiger partial charge in [0.15, 0.2) is 5.65 Å². The summed E-state index contributed by atoms with van der Waals surface area (Å²) in [4.78, 5) is 4.63. The molecule has 0 amide bonds. The topological polar surface area (TPSA) is 37.5 Å². The SMILES string of the molecule is OCc1c(Cc2ccccc2)nc2c(Br)cccn12. The number of fused-ring (bicyclic) bond motifs is 1. The maximum Gasteiger partial charge on any atom is 0.151 e. The number of aliphatic hydroxyl groups excluding tert-OH is 1. The van der Waals surface area contributed by atoms with Gasteiger partial charge in [0.2, 0.25) is 0 Å². The molecule has 2 heterocycles. The molecule has 0 saturated carbocycles. The van der Waals surface area contributed by atoms with Crippen LogP contribution in [0.15, 0.2) is 53.1 Å². The van der Waals surface area contributed by atoms with E-state index in [2.05, 4.69) is 33.0 Å². The Hall–Kier alpha value is -1.65. The fourth-order valence-electron chi connectivity index (χ4n) is 2.23. The molecule has 19 heavy (non-hydrogen) atoms. The Balaban J connectivity index is 2.11. The lowest BCUT2D eigenvalue weighted by molar-refractivity contribution is 0.274. The zero-order valence-corrected chi connectivity index (χ0v) is 11.8. The number of imidazole rings is 1. The van der Waals surface area contributed by atoms with Crippen molar-refractivity contribution in [1.82, 2.24) is 9.38 Å². The normalized spacial score (nSPS) is 11.1. The van der Waals surface area contributed by atoms with Crippen LogP contribution in [0.1, 0.15) is 17.0 Å². The molecule has 1 aromatic carbocycles. The first-order chi connectivity index (χ1) is 9.29. The second-order valence-corrected chi connectivity index (χ2v) is 5.23. The minimum atomic E-state index is -0.0141. The molecular weight excluding hydrogens is 304 g/mol. The van der Waals surface area contributed by atoms with Crippen LogP contribution in [0.2, 0.25) is 0 Å². The van der Waals surface area contributed by atoms with Crippen molar-refractivity contribution in [2.45, 2.75) is 13.0 Å². The Morgan fingerprint density at radius 1 is 1.11 bits per heavy atom. The average Bonchev–Trinajstić information content (AvgIpc) is 2.79. The van der Waals surface area contributed by atoms with E-state index in [1.807, 2.05) is 40.9 Å². The molecule has 0 bridgehead atoms. The predicted octanol–water partition coefficient (Wildman–Crippen LogP) is 3.18. The molecule has 0 spiro atoms. The van der Waals surface area contributed by atoms with Crippen LogP contribution < -0.4 is 0 Å². The van der Waals surface area contributed by atoms with Gasteiger partial charge in [0.1, 0.15) is 0 Å². The zero-order chi connectivity index (χ0) is 13.2. The lowest BCUT2D eigenvalue weighted by atomic mass is 10.1. The standard InChI is InChI=1S/C15H13BrN2O/c16-12-7-4-8-18-14(10-19)13(17-15(12)18)9-11-5-2-1-3-6-11/h1-8,19H,9-10H2. The Labute approximate surface area is 119 Å². The van der Waals surface area contributed by atoms with Gasteiger partial charge in [-0.3, -0.25) is 0 Å². The maximum atomic E-state index is 9.60. The summed E-state index contributed by atoms with van der Waals surface area (Å²) in [7, 11) is 0. The minimum Gasteiger partial charge on any atom is -0.390 e. The van der Waals surface area contributed by atoms with Gasteiger partial charge >= 0.3 is 0 Å². The minimum absolute atomic E-state index is 0.0141. The molecule has 4 heteroatoms. The van der Waals surface area contributed by atoms with E-state index < -0.39 is 0 Å². The van der Waals surface area contributed by atoms with Crippen LogP contribution >= 0.6 is 15.9 Å². The van der Waals surface area contributed by atoms with Gasteiger partial charge in [-0.1, -0.05) is 30.3 Å². The largest absolute Gasteiger partial charge is 0.390 e. The van der Waals surface area contributed by atoms with Crippen LogP contribution in [0.3, 0.4) is 0 Å². The van der Waals surface area contributed by atoms with Crippen molar-refractivity contribution in [3.05, 3.63) is 70.1 Å². The van der Waals surface area contributed by atoms with E-state index in [4.69, 9.17) is 0 Å². The third kappa shape index (κ3) is 2.29. The molecule has 1 N–H and O–H groups in total. The molecule has 96 valence electrons. The first kappa shape index (κ1) is 12.4. The smallest absolute Gasteiger partial charge is 0.151 e. The molecule has 3 rings (SSSR count). The first-order valence-electron chi connectivity index (χ1n) is 6.08. The second kappa shape index (κ2) is 5.15. The molecule has 2 aromatic heterocycles. The average molecular weight is 317 g/mol. The number of halogens is 1. The number of hydrogen-bond donors (Lipinski definition) is 1. The summed E-state index contributed by atoms with van der Waals surface area (Å²) < 4.78 is 2.87. The quantitative estimate of drug-likeness (QED) is 0.806. The van der Waals surface area contributed by atoms with Crippen molar-refractivity contribution in [3.63, 3.8) is 0 Å². The monoisotopic (exact) mass is 316 g/mol. The van der Waals surface area contributed by atoms with Crippen molar-refractivity contribution in [3.8, 4) is 0 Å². The molecule has 0 unspecified atom stereocenters. The maximum absolute atomic E-state index is 9.60. The van der Waals surface area contributed by atoms with E-state index in [0.29, 0.717) is 0 Å². The Bertz CT molecular complexity index is 707. The van der Waals surface area contributed by atoms with Gasteiger partial charge in [0.05, 0.1) is 22.5 Å². The second-order valence-electron chi connectivity index (χ2n) is 4.38. The summed E-state index contributed by atoms with van der Waals surface area (Å²) in [6.45, 7) is -0.0141. The summed E-state index contributed by atoms with van der Waals surface area (Å²) >= 11 is 3.49. The summed E-state index contributed by atoms with van der Waals surface area (Å²) in [5.41, 5.74) is 3.80. The number of aliphatic hydroxyl groups is 1. The molecule has 0 atom stereocenters. The Morgan fingerprint density at radius 2 is 1.89 bits per heavy atom. The highest BCUT2D eigenvalue weighted by molar-refractivity contribution is 9.10. The third-order valence-electron chi connectivity index (χ3n) is 3.15. The van der Waals surface area contributed by atoms with Crippen LogP contribution in [-0.2, 0) is 13.0 Å². The lowest BCUT2D eigenvalue weighted by Crippen LogP contribution is -1.97. The van der Waals surface area contributed by atoms with E-state index in [1.165, 1.54) is 5.56 Å². The third-order valence-corrected chi connectivity index (χ3v) is 3.77. The highest BCUT2D eigenvalue weighted by Crippen LogP contribution is 2.22. The zero-order valence-electron chi connectivity index (χ0n) is 10.3. The number of rotatable bonds is 3. The van der Waals surface area contributed by atoms with Crippen molar-refractivity contribution >= 4 is 21.6 Å². The van der Waals surface area contributed by atoms with Gasteiger partial charge in [-0.25, -0.2) is 4.98 Å². The number of aromatic nitrogens is 2. The lowest BCUT2D eigenvalue weighted by Gasteiger charge is -2.02. The Kier molecular flexibility index (Phi) is 3.36. The van der Waals surface area contributed by atoms with E-state index in [0.717, 1.165) is 27.9 Å². The number of nitrogens with zero attached hydrogens (tertiary/aromatic N) is 2. The van der Waals surface area contributed by atoms with Crippen LogP contribution in [0, 0.1) is 0 Å². The molecule has 0 aliphatic rings. The van der Waals surface area contributed by atoms with E-state index in [-0.39, 0.29) is 6.61 Å². The van der Waals surface area contributed by atoms with Crippen LogP contribution in [0.5, 0.6) is 0 Å². The number of hydrogen-bond acceptors (Lipinski definition) is 2. The van der Waals surface area contributed by atoms with Crippen molar-refractivity contribution in [2.24, 2.45) is 0 Å². The van der Waals surface area contributed by atoms with E-state index in [1.54, 1.807) is 0 Å². The fraction of sp³-hybridized carbons (Fsp3) is 0.133. The van der Waals surface area contributed by atoms with Crippen molar-refractivity contribution in [2.75, 3.05) is 0 Å². The van der Waals surface area contributed by atoms with Gasteiger partial charge in [-0.05, 0) is 33.6 Å².